The summed E-state index contributed by atoms with van der Waals surface area (Å²) in [4.78, 5) is 6.74. The molecule has 0 bridgehead atoms. The van der Waals surface area contributed by atoms with E-state index in [1.165, 1.54) is 13.0 Å². The molecule has 0 spiro atoms. The third-order valence-corrected chi connectivity index (χ3v) is 2.96. The lowest BCUT2D eigenvalue weighted by Crippen LogP contribution is -2.37. The van der Waals surface area contributed by atoms with Crippen LogP contribution in [0.1, 0.15) is 12.1 Å². The molecule has 0 radical (unpaired) electrons. The molecule has 0 aliphatic carbocycles. The van der Waals surface area contributed by atoms with E-state index in [-0.39, 0.29) is 24.8 Å². The van der Waals surface area contributed by atoms with Crippen molar-refractivity contribution < 1.29 is 4.74 Å². The molecule has 0 atom stereocenters. The summed E-state index contributed by atoms with van der Waals surface area (Å²) in [6.45, 7) is 7.03. The topological polar surface area (TPSA) is 37.4 Å². The van der Waals surface area contributed by atoms with Gasteiger partial charge in [0, 0.05) is 25.8 Å². The van der Waals surface area contributed by atoms with Gasteiger partial charge < -0.3 is 10.1 Å². The minimum atomic E-state index is 0. The molecule has 1 aliphatic heterocycles. The first-order chi connectivity index (χ1) is 8.45. The quantitative estimate of drug-likeness (QED) is 0.812. The van der Waals surface area contributed by atoms with Gasteiger partial charge >= 0.3 is 0 Å². The van der Waals surface area contributed by atoms with Crippen LogP contribution in [0.15, 0.2) is 24.4 Å². The summed E-state index contributed by atoms with van der Waals surface area (Å²) in [5.41, 5.74) is 1.11. The largest absolute Gasteiger partial charge is 0.379 e. The average molecular weight is 308 g/mol. The van der Waals surface area contributed by atoms with Crippen molar-refractivity contribution in [1.29, 1.82) is 0 Å². The Labute approximate surface area is 127 Å². The number of pyridine rings is 1. The van der Waals surface area contributed by atoms with Crippen LogP contribution >= 0.6 is 24.8 Å². The first-order valence-electron chi connectivity index (χ1n) is 6.36. The van der Waals surface area contributed by atoms with Crippen LogP contribution in [0.25, 0.3) is 0 Å². The summed E-state index contributed by atoms with van der Waals surface area (Å²) in [6, 6.07) is 6.02. The number of nitrogens with zero attached hydrogens (tertiary/aromatic N) is 2. The predicted molar refractivity (Wildman–Crippen MR) is 82.3 cm³/mol. The molecule has 1 fully saturated rings. The highest BCUT2D eigenvalue weighted by atomic mass is 35.5. The van der Waals surface area contributed by atoms with E-state index in [0.717, 1.165) is 45.1 Å². The molecule has 4 nitrogen and oxygen atoms in total. The van der Waals surface area contributed by atoms with Crippen molar-refractivity contribution in [3.05, 3.63) is 30.1 Å². The molecule has 1 aromatic rings. The van der Waals surface area contributed by atoms with Crippen LogP contribution in [-0.2, 0) is 11.3 Å². The highest BCUT2D eigenvalue weighted by molar-refractivity contribution is 5.85. The summed E-state index contributed by atoms with van der Waals surface area (Å²) < 4.78 is 5.32. The van der Waals surface area contributed by atoms with Gasteiger partial charge in [-0.3, -0.25) is 9.88 Å². The number of morpholine rings is 1. The standard InChI is InChI=1S/C13H21N3O.2ClH/c1-2-6-15-13(4-1)12-14-5-3-7-16-8-10-17-11-9-16;;/h1-2,4,6,14H,3,5,7-12H2;2*1H. The molecule has 0 unspecified atom stereocenters. The molecule has 1 N–H and O–H groups in total. The van der Waals surface area contributed by atoms with Crippen molar-refractivity contribution in [2.75, 3.05) is 39.4 Å². The second-order valence-corrected chi connectivity index (χ2v) is 4.31. The van der Waals surface area contributed by atoms with Crippen LogP contribution in [0.4, 0.5) is 0 Å². The Kier molecular flexibility index (Phi) is 11.2. The van der Waals surface area contributed by atoms with Gasteiger partial charge in [0.1, 0.15) is 0 Å². The lowest BCUT2D eigenvalue weighted by atomic mass is 10.3. The Morgan fingerprint density at radius 1 is 1.21 bits per heavy atom. The van der Waals surface area contributed by atoms with Gasteiger partial charge in [-0.05, 0) is 31.6 Å². The Bertz CT molecular complexity index is 308. The van der Waals surface area contributed by atoms with Crippen LogP contribution in [0, 0.1) is 0 Å². The molecule has 6 heteroatoms. The molecular formula is C13H23Cl2N3O. The molecule has 1 saturated heterocycles. The molecule has 110 valence electrons. The number of aromatic nitrogens is 1. The van der Waals surface area contributed by atoms with Gasteiger partial charge in [0.2, 0.25) is 0 Å². The number of hydrogen-bond donors (Lipinski definition) is 1. The molecule has 2 rings (SSSR count). The second-order valence-electron chi connectivity index (χ2n) is 4.31. The number of hydrogen-bond acceptors (Lipinski definition) is 4. The van der Waals surface area contributed by atoms with E-state index < -0.39 is 0 Å². The number of ether oxygens (including phenoxy) is 1. The van der Waals surface area contributed by atoms with Crippen molar-refractivity contribution in [2.24, 2.45) is 0 Å². The summed E-state index contributed by atoms with van der Waals surface area (Å²) in [5, 5.41) is 3.42. The van der Waals surface area contributed by atoms with E-state index in [1.54, 1.807) is 0 Å². The zero-order valence-corrected chi connectivity index (χ0v) is 12.7. The van der Waals surface area contributed by atoms with Crippen LogP contribution in [-0.4, -0.2) is 49.3 Å². The minimum Gasteiger partial charge on any atom is -0.379 e. The van der Waals surface area contributed by atoms with Crippen molar-refractivity contribution in [3.63, 3.8) is 0 Å². The Morgan fingerprint density at radius 3 is 2.68 bits per heavy atom. The molecular weight excluding hydrogens is 285 g/mol. The van der Waals surface area contributed by atoms with Crippen LogP contribution in [0.2, 0.25) is 0 Å². The highest BCUT2D eigenvalue weighted by Crippen LogP contribution is 1.97. The normalized spacial score (nSPS) is 15.4. The Balaban J connectivity index is 0.00000162. The Hall–Kier alpha value is -0.390. The smallest absolute Gasteiger partial charge is 0.0594 e. The minimum absolute atomic E-state index is 0. The lowest BCUT2D eigenvalue weighted by Gasteiger charge is -2.26. The first kappa shape index (κ1) is 18.6. The van der Waals surface area contributed by atoms with Gasteiger partial charge in [0.25, 0.3) is 0 Å². The molecule has 0 amide bonds. The molecule has 19 heavy (non-hydrogen) atoms. The predicted octanol–water partition coefficient (Wildman–Crippen LogP) is 1.74. The Morgan fingerprint density at radius 2 is 2.00 bits per heavy atom. The molecule has 0 aromatic carbocycles. The zero-order chi connectivity index (χ0) is 11.8. The number of nitrogens with one attached hydrogen (secondary N) is 1. The monoisotopic (exact) mass is 307 g/mol. The van der Waals surface area contributed by atoms with Crippen molar-refractivity contribution in [3.8, 4) is 0 Å². The van der Waals surface area contributed by atoms with E-state index in [0.29, 0.717) is 0 Å². The summed E-state index contributed by atoms with van der Waals surface area (Å²) in [5.74, 6) is 0. The van der Waals surface area contributed by atoms with Gasteiger partial charge in [-0.2, -0.15) is 0 Å². The van der Waals surface area contributed by atoms with Gasteiger partial charge in [-0.1, -0.05) is 6.07 Å². The van der Waals surface area contributed by atoms with Crippen molar-refractivity contribution >= 4 is 24.8 Å². The van der Waals surface area contributed by atoms with Crippen LogP contribution in [0.3, 0.4) is 0 Å². The summed E-state index contributed by atoms with van der Waals surface area (Å²) >= 11 is 0. The number of halogens is 2. The third-order valence-electron chi connectivity index (χ3n) is 2.96. The maximum absolute atomic E-state index is 5.32. The average Bonchev–Trinajstić information content (AvgIpc) is 2.41. The number of rotatable bonds is 6. The molecule has 0 saturated carbocycles. The fourth-order valence-electron chi connectivity index (χ4n) is 1.97. The third kappa shape index (κ3) is 7.70. The van der Waals surface area contributed by atoms with E-state index in [1.807, 2.05) is 18.3 Å². The van der Waals surface area contributed by atoms with Gasteiger partial charge in [0.05, 0.1) is 18.9 Å². The van der Waals surface area contributed by atoms with E-state index >= 15 is 0 Å². The summed E-state index contributed by atoms with van der Waals surface area (Å²) in [7, 11) is 0. The molecule has 1 aliphatic rings. The highest BCUT2D eigenvalue weighted by Gasteiger charge is 2.08. The first-order valence-corrected chi connectivity index (χ1v) is 6.36. The zero-order valence-electron chi connectivity index (χ0n) is 11.1. The maximum Gasteiger partial charge on any atom is 0.0594 e. The fraction of sp³-hybridized carbons (Fsp3) is 0.615. The van der Waals surface area contributed by atoms with Gasteiger partial charge in [0.15, 0.2) is 0 Å². The maximum atomic E-state index is 5.32. The van der Waals surface area contributed by atoms with Crippen LogP contribution < -0.4 is 5.32 Å². The fourth-order valence-corrected chi connectivity index (χ4v) is 1.97. The molecule has 1 aromatic heterocycles. The second kappa shape index (κ2) is 11.4. The van der Waals surface area contributed by atoms with E-state index in [4.69, 9.17) is 4.74 Å². The molecule has 2 heterocycles. The van der Waals surface area contributed by atoms with Gasteiger partial charge in [-0.15, -0.1) is 24.8 Å². The van der Waals surface area contributed by atoms with Crippen molar-refractivity contribution in [1.82, 2.24) is 15.2 Å². The van der Waals surface area contributed by atoms with E-state index in [2.05, 4.69) is 21.3 Å². The van der Waals surface area contributed by atoms with Gasteiger partial charge in [-0.25, -0.2) is 0 Å². The lowest BCUT2D eigenvalue weighted by molar-refractivity contribution is 0.0374. The summed E-state index contributed by atoms with van der Waals surface area (Å²) in [6.07, 6.45) is 3.03. The van der Waals surface area contributed by atoms with Crippen molar-refractivity contribution in [2.45, 2.75) is 13.0 Å². The van der Waals surface area contributed by atoms with Crippen LogP contribution in [0.5, 0.6) is 0 Å². The SMILES string of the molecule is Cl.Cl.c1ccc(CNCCCN2CCOCC2)nc1. The van der Waals surface area contributed by atoms with E-state index in [9.17, 15) is 0 Å².